The van der Waals surface area contributed by atoms with Crippen LogP contribution < -0.4 is 0 Å². The van der Waals surface area contributed by atoms with Crippen molar-refractivity contribution in [2.24, 2.45) is 0 Å². The predicted octanol–water partition coefficient (Wildman–Crippen LogP) is 3.46. The van der Waals surface area contributed by atoms with E-state index in [-0.39, 0.29) is 9.86 Å². The van der Waals surface area contributed by atoms with Crippen LogP contribution in [0, 0.1) is 0 Å². The zero-order chi connectivity index (χ0) is 11.0. The monoisotopic (exact) mass is 248 g/mol. The molecule has 1 heterocycles. The zero-order valence-corrected chi connectivity index (χ0v) is 10.4. The van der Waals surface area contributed by atoms with Gasteiger partial charge in [0, 0.05) is 5.56 Å². The van der Waals surface area contributed by atoms with E-state index in [1.807, 2.05) is 41.7 Å². The Morgan fingerprint density at radius 3 is 2.69 bits per heavy atom. The number of carbonyl (C=O) groups is 1. The highest BCUT2D eigenvalue weighted by molar-refractivity contribution is 8.18. The summed E-state index contributed by atoms with van der Waals surface area (Å²) in [4.78, 5) is 11.8. The quantitative estimate of drug-likeness (QED) is 0.700. The fourth-order valence-electron chi connectivity index (χ4n) is 2.17. The zero-order valence-electron chi connectivity index (χ0n) is 8.81. The van der Waals surface area contributed by atoms with Crippen LogP contribution in [-0.4, -0.2) is 17.3 Å². The van der Waals surface area contributed by atoms with Crippen molar-refractivity contribution in [3.05, 3.63) is 47.5 Å². The summed E-state index contributed by atoms with van der Waals surface area (Å²) in [5.41, 5.74) is 2.07. The van der Waals surface area contributed by atoms with Crippen LogP contribution >= 0.6 is 23.5 Å². The fourth-order valence-corrected chi connectivity index (χ4v) is 5.36. The Bertz CT molecular complexity index is 459. The third-order valence-corrected chi connectivity index (χ3v) is 6.21. The van der Waals surface area contributed by atoms with Crippen molar-refractivity contribution < 1.29 is 4.79 Å². The molecule has 0 radical (unpaired) electrons. The number of carbonyl (C=O) groups excluding carboxylic acids is 1. The Kier molecular flexibility index (Phi) is 2.60. The Morgan fingerprint density at radius 2 is 1.88 bits per heavy atom. The van der Waals surface area contributed by atoms with Gasteiger partial charge in [-0.2, -0.15) is 0 Å². The van der Waals surface area contributed by atoms with E-state index in [1.165, 1.54) is 23.5 Å². The van der Waals surface area contributed by atoms with Gasteiger partial charge in [-0.1, -0.05) is 30.3 Å². The maximum absolute atomic E-state index is 11.8. The molecule has 0 saturated carbocycles. The molecule has 0 N–H and O–H groups in total. The smallest absolute Gasteiger partial charge is 0.185 e. The minimum atomic E-state index is 0.00273. The number of ketones is 1. The highest BCUT2D eigenvalue weighted by Gasteiger charge is 2.38. The van der Waals surface area contributed by atoms with Gasteiger partial charge in [0.25, 0.3) is 0 Å². The summed E-state index contributed by atoms with van der Waals surface area (Å²) in [7, 11) is 0. The van der Waals surface area contributed by atoms with E-state index in [9.17, 15) is 4.79 Å². The van der Waals surface area contributed by atoms with Gasteiger partial charge in [0.2, 0.25) is 0 Å². The summed E-state index contributed by atoms with van der Waals surface area (Å²) in [5.74, 6) is 2.51. The summed E-state index contributed by atoms with van der Waals surface area (Å²) >= 11 is 3.91. The molecule has 0 amide bonds. The molecule has 1 nitrogen and oxygen atoms in total. The van der Waals surface area contributed by atoms with E-state index in [1.54, 1.807) is 6.08 Å². The second kappa shape index (κ2) is 3.97. The van der Waals surface area contributed by atoms with Gasteiger partial charge in [-0.3, -0.25) is 4.79 Å². The summed E-state index contributed by atoms with van der Waals surface area (Å²) in [5, 5.41) is 0. The van der Waals surface area contributed by atoms with E-state index in [0.29, 0.717) is 0 Å². The SMILES string of the molecule is O=C1C=CC2(SCCCS2)c2ccccc21. The van der Waals surface area contributed by atoms with Gasteiger partial charge in [-0.15, -0.1) is 23.5 Å². The van der Waals surface area contributed by atoms with Crippen molar-refractivity contribution in [1.29, 1.82) is 0 Å². The number of hydrogen-bond acceptors (Lipinski definition) is 3. The normalized spacial score (nSPS) is 22.1. The average Bonchev–Trinajstić information content (AvgIpc) is 2.36. The van der Waals surface area contributed by atoms with Crippen LogP contribution in [0.3, 0.4) is 0 Å². The minimum Gasteiger partial charge on any atom is -0.289 e. The lowest BCUT2D eigenvalue weighted by molar-refractivity contribution is 0.104. The first kappa shape index (κ1) is 10.5. The Hall–Kier alpha value is -0.670. The molecule has 1 spiro atoms. The standard InChI is InChI=1S/C13H12OS2/c14-12-6-7-13(15-8-3-9-16-13)11-5-2-1-4-10(11)12/h1-2,4-7H,3,8-9H2. The maximum Gasteiger partial charge on any atom is 0.185 e. The van der Waals surface area contributed by atoms with Gasteiger partial charge >= 0.3 is 0 Å². The number of fused-ring (bicyclic) bond motifs is 2. The molecule has 1 aromatic carbocycles. The summed E-state index contributed by atoms with van der Waals surface area (Å²) in [6.45, 7) is 0. The van der Waals surface area contributed by atoms with Crippen molar-refractivity contribution in [2.45, 2.75) is 10.5 Å². The number of hydrogen-bond donors (Lipinski definition) is 0. The Balaban J connectivity index is 2.14. The van der Waals surface area contributed by atoms with Gasteiger partial charge in [-0.25, -0.2) is 0 Å². The molecule has 3 rings (SSSR count). The van der Waals surface area contributed by atoms with Crippen molar-refractivity contribution in [3.8, 4) is 0 Å². The molecule has 0 aromatic heterocycles. The molecule has 1 aromatic rings. The summed E-state index contributed by atoms with van der Waals surface area (Å²) in [6.07, 6.45) is 5.10. The van der Waals surface area contributed by atoms with E-state index < -0.39 is 0 Å². The molecule has 1 aliphatic carbocycles. The first-order chi connectivity index (χ1) is 7.82. The predicted molar refractivity (Wildman–Crippen MR) is 71.1 cm³/mol. The van der Waals surface area contributed by atoms with Crippen molar-refractivity contribution >= 4 is 29.3 Å². The summed E-state index contributed by atoms with van der Waals surface area (Å²) < 4.78 is 0.00273. The van der Waals surface area contributed by atoms with Gasteiger partial charge < -0.3 is 0 Å². The van der Waals surface area contributed by atoms with Crippen LogP contribution in [0.2, 0.25) is 0 Å². The Labute approximate surface area is 104 Å². The number of thioether (sulfide) groups is 2. The van der Waals surface area contributed by atoms with E-state index >= 15 is 0 Å². The molecule has 1 saturated heterocycles. The van der Waals surface area contributed by atoms with Gasteiger partial charge in [0.15, 0.2) is 5.78 Å². The van der Waals surface area contributed by atoms with Crippen LogP contribution in [0.5, 0.6) is 0 Å². The van der Waals surface area contributed by atoms with E-state index in [0.717, 1.165) is 5.56 Å². The molecular formula is C13H12OS2. The molecule has 3 heteroatoms. The minimum absolute atomic E-state index is 0.00273. The van der Waals surface area contributed by atoms with Crippen LogP contribution in [0.1, 0.15) is 22.3 Å². The molecule has 0 bridgehead atoms. The highest BCUT2D eigenvalue weighted by Crippen LogP contribution is 2.53. The number of rotatable bonds is 0. The maximum atomic E-state index is 11.8. The van der Waals surface area contributed by atoms with Crippen LogP contribution in [0.25, 0.3) is 0 Å². The van der Waals surface area contributed by atoms with Gasteiger partial charge in [-0.05, 0) is 29.6 Å². The molecule has 0 unspecified atom stereocenters. The summed E-state index contributed by atoms with van der Waals surface area (Å²) in [6, 6.07) is 8.02. The van der Waals surface area contributed by atoms with Crippen LogP contribution in [0.4, 0.5) is 0 Å². The Morgan fingerprint density at radius 1 is 1.12 bits per heavy atom. The third-order valence-electron chi connectivity index (χ3n) is 2.94. The molecular weight excluding hydrogens is 236 g/mol. The fraction of sp³-hybridized carbons (Fsp3) is 0.308. The largest absolute Gasteiger partial charge is 0.289 e. The lowest BCUT2D eigenvalue weighted by Gasteiger charge is -2.36. The van der Waals surface area contributed by atoms with Crippen molar-refractivity contribution in [2.75, 3.05) is 11.5 Å². The first-order valence-corrected chi connectivity index (χ1v) is 7.40. The van der Waals surface area contributed by atoms with E-state index in [4.69, 9.17) is 0 Å². The molecule has 82 valence electrons. The molecule has 2 aliphatic rings. The van der Waals surface area contributed by atoms with Gasteiger partial charge in [0.05, 0.1) is 0 Å². The topological polar surface area (TPSA) is 17.1 Å². The second-order valence-electron chi connectivity index (χ2n) is 3.96. The second-order valence-corrected chi connectivity index (χ2v) is 6.90. The molecule has 16 heavy (non-hydrogen) atoms. The first-order valence-electron chi connectivity index (χ1n) is 5.43. The molecule has 1 fully saturated rings. The van der Waals surface area contributed by atoms with Gasteiger partial charge in [0.1, 0.15) is 4.08 Å². The number of allylic oxidation sites excluding steroid dienone is 1. The molecule has 0 atom stereocenters. The third kappa shape index (κ3) is 1.54. The number of benzene rings is 1. The highest BCUT2D eigenvalue weighted by atomic mass is 32.2. The van der Waals surface area contributed by atoms with Crippen molar-refractivity contribution in [3.63, 3.8) is 0 Å². The van der Waals surface area contributed by atoms with Crippen LogP contribution in [-0.2, 0) is 4.08 Å². The lowest BCUT2D eigenvalue weighted by Crippen LogP contribution is -2.26. The lowest BCUT2D eigenvalue weighted by atomic mass is 9.95. The van der Waals surface area contributed by atoms with Crippen molar-refractivity contribution in [1.82, 2.24) is 0 Å². The average molecular weight is 248 g/mol. The van der Waals surface area contributed by atoms with E-state index in [2.05, 4.69) is 12.1 Å². The molecule has 1 aliphatic heterocycles. The van der Waals surface area contributed by atoms with Crippen LogP contribution in [0.15, 0.2) is 36.4 Å².